The van der Waals surface area contributed by atoms with Crippen LogP contribution in [0, 0.1) is 36.0 Å². The smallest absolute Gasteiger partial charge is 0.337 e. The predicted octanol–water partition coefficient (Wildman–Crippen LogP) is 9.17. The lowest BCUT2D eigenvalue weighted by molar-refractivity contribution is -0.144. The minimum absolute atomic E-state index is 0.220. The Morgan fingerprint density at radius 3 is 2.56 bits per heavy atom. The highest BCUT2D eigenvalue weighted by Gasteiger charge is 2.57. The van der Waals surface area contributed by atoms with Crippen molar-refractivity contribution in [1.29, 1.82) is 0 Å². The number of pyridine rings is 1. The Morgan fingerprint density at radius 2 is 1.85 bits per heavy atom. The zero-order valence-corrected chi connectivity index (χ0v) is 24.9. The first-order valence-electron chi connectivity index (χ1n) is 16.1. The van der Waals surface area contributed by atoms with E-state index in [4.69, 9.17) is 0 Å². The lowest BCUT2D eigenvalue weighted by atomic mass is 9.76. The summed E-state index contributed by atoms with van der Waals surface area (Å²) >= 11 is 0. The molecule has 1 aromatic carbocycles. The molecule has 2 aromatic rings. The third-order valence-electron chi connectivity index (χ3n) is 10.7. The van der Waals surface area contributed by atoms with Gasteiger partial charge in [-0.05, 0) is 74.3 Å². The van der Waals surface area contributed by atoms with E-state index in [2.05, 4.69) is 31.0 Å². The number of aryl methyl sites for hydroxylation is 1. The van der Waals surface area contributed by atoms with Crippen molar-refractivity contribution in [2.24, 2.45) is 29.1 Å². The normalized spacial score (nSPS) is 29.6. The minimum Gasteiger partial charge on any atom is -0.337 e. The molecule has 1 aromatic heterocycles. The van der Waals surface area contributed by atoms with Crippen LogP contribution in [-0.4, -0.2) is 22.3 Å². The molecule has 1 aliphatic heterocycles. The van der Waals surface area contributed by atoms with E-state index in [1.54, 1.807) is 0 Å². The Bertz CT molecular complexity index is 1170. The minimum atomic E-state index is -4.41. The monoisotopic (exact) mass is 568 g/mol. The number of aromatic nitrogens is 1. The summed E-state index contributed by atoms with van der Waals surface area (Å²) in [6.45, 7) is 5.21. The van der Waals surface area contributed by atoms with E-state index in [1.807, 2.05) is 23.1 Å². The summed E-state index contributed by atoms with van der Waals surface area (Å²) in [4.78, 5) is 20.0. The van der Waals surface area contributed by atoms with Gasteiger partial charge < -0.3 is 4.90 Å². The third kappa shape index (κ3) is 6.83. The van der Waals surface area contributed by atoms with Gasteiger partial charge in [-0.2, -0.15) is 13.2 Å². The Hall–Kier alpha value is -2.37. The number of fused-ring (bicyclic) bond motifs is 2. The second kappa shape index (κ2) is 12.9. The van der Waals surface area contributed by atoms with Crippen molar-refractivity contribution in [3.05, 3.63) is 65.0 Å². The molecule has 6 heteroatoms. The van der Waals surface area contributed by atoms with Crippen LogP contribution in [0.1, 0.15) is 106 Å². The first-order valence-corrected chi connectivity index (χ1v) is 16.1. The molecule has 1 amide bonds. The fourth-order valence-corrected chi connectivity index (χ4v) is 8.58. The second-order valence-corrected chi connectivity index (χ2v) is 13.3. The van der Waals surface area contributed by atoms with Gasteiger partial charge >= 0.3 is 6.18 Å². The van der Waals surface area contributed by atoms with Crippen molar-refractivity contribution in [1.82, 2.24) is 9.88 Å². The van der Waals surface area contributed by atoms with Gasteiger partial charge in [0, 0.05) is 31.4 Å². The van der Waals surface area contributed by atoms with Gasteiger partial charge in [0.05, 0.1) is 11.0 Å². The fraction of sp³-hybridized carbons (Fsp3) is 0.657. The van der Waals surface area contributed by atoms with E-state index in [0.717, 1.165) is 43.7 Å². The van der Waals surface area contributed by atoms with Crippen LogP contribution in [0.25, 0.3) is 0 Å². The number of hydrogen-bond acceptors (Lipinski definition) is 2. The maximum Gasteiger partial charge on any atom is 0.417 e. The average molecular weight is 569 g/mol. The van der Waals surface area contributed by atoms with Crippen molar-refractivity contribution in [3.63, 3.8) is 0 Å². The SMILES string of the molecule is CCCC1CCC[C@H](C2C[C@H]3CCC[C@@]3(C(=O)N3CCc4ncc(C(F)(F)F)cc4C3)C2)CC1.Cc1ccccc1. The van der Waals surface area contributed by atoms with Gasteiger partial charge in [-0.3, -0.25) is 9.78 Å². The van der Waals surface area contributed by atoms with Crippen LogP contribution in [0.2, 0.25) is 0 Å². The lowest BCUT2D eigenvalue weighted by Gasteiger charge is -2.37. The Morgan fingerprint density at radius 1 is 1.05 bits per heavy atom. The van der Waals surface area contributed by atoms with Gasteiger partial charge in [0.2, 0.25) is 5.91 Å². The van der Waals surface area contributed by atoms with E-state index >= 15 is 0 Å². The first-order chi connectivity index (χ1) is 19.7. The number of hydrogen-bond donors (Lipinski definition) is 0. The number of carbonyl (C=O) groups excluding carboxylic acids is 1. The maximum absolute atomic E-state index is 14.0. The Kier molecular flexibility index (Phi) is 9.45. The number of halogens is 3. The maximum atomic E-state index is 14.0. The molecule has 2 unspecified atom stereocenters. The number of rotatable bonds is 4. The average Bonchev–Trinajstić information content (AvgIpc) is 3.44. The van der Waals surface area contributed by atoms with Gasteiger partial charge in [0.15, 0.2) is 0 Å². The summed E-state index contributed by atoms with van der Waals surface area (Å²) in [7, 11) is 0. The van der Waals surface area contributed by atoms with Crippen molar-refractivity contribution in [2.75, 3.05) is 6.54 Å². The molecule has 6 rings (SSSR count). The summed E-state index contributed by atoms with van der Waals surface area (Å²) in [6, 6.07) is 11.5. The summed E-state index contributed by atoms with van der Waals surface area (Å²) in [5.74, 6) is 2.96. The molecule has 0 N–H and O–H groups in total. The number of nitrogens with zero attached hydrogens (tertiary/aromatic N) is 2. The number of amides is 1. The molecule has 5 atom stereocenters. The number of benzene rings is 1. The van der Waals surface area contributed by atoms with Crippen LogP contribution in [0.5, 0.6) is 0 Å². The van der Waals surface area contributed by atoms with E-state index < -0.39 is 11.7 Å². The zero-order valence-electron chi connectivity index (χ0n) is 24.9. The molecular formula is C35H47F3N2O. The second-order valence-electron chi connectivity index (χ2n) is 13.3. The van der Waals surface area contributed by atoms with Crippen LogP contribution >= 0.6 is 0 Å². The molecule has 2 heterocycles. The van der Waals surface area contributed by atoms with Crippen molar-refractivity contribution in [2.45, 2.75) is 110 Å². The van der Waals surface area contributed by atoms with Crippen LogP contribution in [0.3, 0.4) is 0 Å². The summed E-state index contributed by atoms with van der Waals surface area (Å²) in [5, 5.41) is 0. The zero-order chi connectivity index (χ0) is 29.0. The predicted molar refractivity (Wildman–Crippen MR) is 157 cm³/mol. The standard InChI is InChI=1S/C28H39F3N2O.C7H8/c1-2-5-19-6-3-7-20(10-9-19)21-14-23-8-4-12-27(23,16-21)26(34)33-13-11-25-22(18-33)15-24(17-32-25)28(29,30)31;1-7-5-3-2-4-6-7/h15,17,19-21,23H,2-14,16,18H2,1H3;2-6H,1H3/t19?,20-,21?,23+,27+;/m0./s1. The highest BCUT2D eigenvalue weighted by atomic mass is 19.4. The molecule has 41 heavy (non-hydrogen) atoms. The van der Waals surface area contributed by atoms with Gasteiger partial charge in [-0.25, -0.2) is 0 Å². The van der Waals surface area contributed by atoms with Crippen LogP contribution < -0.4 is 0 Å². The number of carbonyl (C=O) groups is 1. The summed E-state index contributed by atoms with van der Waals surface area (Å²) in [5.41, 5.74) is 1.62. The van der Waals surface area contributed by atoms with E-state index in [-0.39, 0.29) is 17.9 Å². The third-order valence-corrected chi connectivity index (χ3v) is 10.7. The topological polar surface area (TPSA) is 33.2 Å². The van der Waals surface area contributed by atoms with Crippen molar-refractivity contribution >= 4 is 5.91 Å². The van der Waals surface area contributed by atoms with Gasteiger partial charge in [0.25, 0.3) is 0 Å². The van der Waals surface area contributed by atoms with Crippen molar-refractivity contribution in [3.8, 4) is 0 Å². The first kappa shape index (κ1) is 30.1. The molecule has 3 saturated carbocycles. The van der Waals surface area contributed by atoms with Crippen molar-refractivity contribution < 1.29 is 18.0 Å². The van der Waals surface area contributed by atoms with E-state index in [1.165, 1.54) is 63.0 Å². The van der Waals surface area contributed by atoms with E-state index in [0.29, 0.717) is 36.1 Å². The Labute approximate surface area is 244 Å². The highest BCUT2D eigenvalue weighted by Crippen LogP contribution is 2.60. The molecule has 0 spiro atoms. The lowest BCUT2D eigenvalue weighted by Crippen LogP contribution is -2.46. The number of alkyl halides is 3. The van der Waals surface area contributed by atoms with Gasteiger partial charge in [0.1, 0.15) is 0 Å². The highest BCUT2D eigenvalue weighted by molar-refractivity contribution is 5.84. The molecule has 3 nitrogen and oxygen atoms in total. The van der Waals surface area contributed by atoms with Crippen LogP contribution in [0.4, 0.5) is 13.2 Å². The van der Waals surface area contributed by atoms with Gasteiger partial charge in [-0.15, -0.1) is 0 Å². The molecule has 224 valence electrons. The molecule has 0 saturated heterocycles. The quantitative estimate of drug-likeness (QED) is 0.345. The molecule has 0 radical (unpaired) electrons. The summed E-state index contributed by atoms with van der Waals surface area (Å²) < 4.78 is 39.7. The van der Waals surface area contributed by atoms with Crippen LogP contribution in [-0.2, 0) is 23.9 Å². The Balaban J connectivity index is 0.000000423. The van der Waals surface area contributed by atoms with Gasteiger partial charge in [-0.1, -0.05) is 87.8 Å². The van der Waals surface area contributed by atoms with E-state index in [9.17, 15) is 18.0 Å². The molecule has 0 bridgehead atoms. The summed E-state index contributed by atoms with van der Waals surface area (Å²) in [6.07, 6.45) is 11.8. The fourth-order valence-electron chi connectivity index (χ4n) is 8.58. The van der Waals surface area contributed by atoms with Crippen LogP contribution in [0.15, 0.2) is 42.6 Å². The molecule has 4 aliphatic rings. The largest absolute Gasteiger partial charge is 0.417 e. The molecule has 3 fully saturated rings. The molecular weight excluding hydrogens is 521 g/mol. The molecule has 3 aliphatic carbocycles.